The number of nitrogens with zero attached hydrogens (tertiary/aromatic N) is 3. The molecule has 1 heterocycles. The molecule has 1 aromatic heterocycles. The molecule has 0 saturated carbocycles. The maximum absolute atomic E-state index is 12.3. The average molecular weight is 266 g/mol. The van der Waals surface area contributed by atoms with E-state index in [9.17, 15) is 13.2 Å². The van der Waals surface area contributed by atoms with Gasteiger partial charge in [-0.1, -0.05) is 11.8 Å². The molecule has 0 saturated heterocycles. The van der Waals surface area contributed by atoms with Gasteiger partial charge in [0.1, 0.15) is 18.2 Å². The van der Waals surface area contributed by atoms with Gasteiger partial charge in [-0.3, -0.25) is 0 Å². The molecule has 17 heavy (non-hydrogen) atoms. The fraction of sp³-hybridized carbons (Fsp3) is 0.556. The molecule has 0 aliphatic heterocycles. The third-order valence-corrected chi connectivity index (χ3v) is 2.52. The van der Waals surface area contributed by atoms with Crippen LogP contribution in [-0.2, 0) is 0 Å². The molecule has 0 radical (unpaired) electrons. The van der Waals surface area contributed by atoms with Crippen molar-refractivity contribution in [2.75, 3.05) is 30.0 Å². The number of hydrogen-bond acceptors (Lipinski definition) is 5. The number of nitrogen functional groups attached to an aromatic ring is 1. The highest BCUT2D eigenvalue weighted by Crippen LogP contribution is 2.23. The van der Waals surface area contributed by atoms with Gasteiger partial charge in [0, 0.05) is 12.6 Å². The van der Waals surface area contributed by atoms with E-state index in [4.69, 9.17) is 5.73 Å². The largest absolute Gasteiger partial charge is 0.405 e. The van der Waals surface area contributed by atoms with Crippen LogP contribution >= 0.6 is 11.8 Å². The third kappa shape index (κ3) is 4.29. The summed E-state index contributed by atoms with van der Waals surface area (Å²) in [5.74, 6) is 0.363. The van der Waals surface area contributed by atoms with Crippen LogP contribution in [-0.4, -0.2) is 35.5 Å². The molecule has 0 amide bonds. The lowest BCUT2D eigenvalue weighted by atomic mass is 10.4. The maximum Gasteiger partial charge on any atom is 0.405 e. The van der Waals surface area contributed by atoms with Crippen molar-refractivity contribution in [2.24, 2.45) is 0 Å². The topological polar surface area (TPSA) is 55.0 Å². The van der Waals surface area contributed by atoms with E-state index in [-0.39, 0.29) is 18.2 Å². The van der Waals surface area contributed by atoms with Crippen molar-refractivity contribution >= 4 is 23.4 Å². The van der Waals surface area contributed by atoms with Crippen LogP contribution in [0.4, 0.5) is 24.8 Å². The molecule has 0 aliphatic carbocycles. The number of nitrogens with two attached hydrogens (primary N) is 1. The fourth-order valence-electron chi connectivity index (χ4n) is 1.25. The van der Waals surface area contributed by atoms with E-state index in [1.54, 1.807) is 13.2 Å². The molecule has 0 spiro atoms. The van der Waals surface area contributed by atoms with Gasteiger partial charge in [0.2, 0.25) is 0 Å². The molecule has 8 heteroatoms. The van der Waals surface area contributed by atoms with Gasteiger partial charge in [-0.25, -0.2) is 9.97 Å². The van der Waals surface area contributed by atoms with Crippen molar-refractivity contribution < 1.29 is 13.2 Å². The summed E-state index contributed by atoms with van der Waals surface area (Å²) in [5, 5.41) is 0.362. The third-order valence-electron chi connectivity index (χ3n) is 1.97. The molecule has 1 rings (SSSR count). The van der Waals surface area contributed by atoms with Gasteiger partial charge in [-0.05, 0) is 13.2 Å². The molecule has 4 nitrogen and oxygen atoms in total. The van der Waals surface area contributed by atoms with Gasteiger partial charge in [-0.2, -0.15) is 13.2 Å². The first kappa shape index (κ1) is 13.9. The van der Waals surface area contributed by atoms with Gasteiger partial charge in [-0.15, -0.1) is 0 Å². The minimum atomic E-state index is -4.27. The number of alkyl halides is 3. The molecule has 96 valence electrons. The fourth-order valence-corrected chi connectivity index (χ4v) is 1.64. The van der Waals surface area contributed by atoms with Crippen molar-refractivity contribution in [1.29, 1.82) is 0 Å². The molecule has 0 aliphatic rings. The Morgan fingerprint density at radius 2 is 2.06 bits per heavy atom. The summed E-state index contributed by atoms with van der Waals surface area (Å²) in [5.41, 5.74) is 5.52. The molecular formula is C9H13F3N4S. The van der Waals surface area contributed by atoms with Gasteiger partial charge in [0.05, 0.1) is 0 Å². The first-order valence-electron chi connectivity index (χ1n) is 4.86. The quantitative estimate of drug-likeness (QED) is 0.668. The first-order valence-corrected chi connectivity index (χ1v) is 6.08. The second-order valence-electron chi connectivity index (χ2n) is 3.27. The zero-order chi connectivity index (χ0) is 13.1. The van der Waals surface area contributed by atoms with E-state index >= 15 is 0 Å². The van der Waals surface area contributed by atoms with Crippen LogP contribution in [0.2, 0.25) is 0 Å². The smallest absolute Gasteiger partial charge is 0.383 e. The van der Waals surface area contributed by atoms with Crippen LogP contribution in [0.15, 0.2) is 11.2 Å². The average Bonchev–Trinajstić information content (AvgIpc) is 2.23. The SMILES string of the molecule is CCN(CC(F)(F)F)c1cc(N)nc(SC)n1. The second-order valence-corrected chi connectivity index (χ2v) is 4.04. The number of thioether (sulfide) groups is 1. The van der Waals surface area contributed by atoms with Crippen LogP contribution in [0.5, 0.6) is 0 Å². The monoisotopic (exact) mass is 266 g/mol. The number of anilines is 2. The van der Waals surface area contributed by atoms with Gasteiger partial charge in [0.25, 0.3) is 0 Å². The van der Waals surface area contributed by atoms with Crippen molar-refractivity contribution in [3.05, 3.63) is 6.07 Å². The molecule has 2 N–H and O–H groups in total. The van der Waals surface area contributed by atoms with Gasteiger partial charge in [0.15, 0.2) is 5.16 Å². The molecule has 1 aromatic rings. The number of aromatic nitrogens is 2. The minimum absolute atomic E-state index is 0.167. The van der Waals surface area contributed by atoms with Crippen molar-refractivity contribution in [3.8, 4) is 0 Å². The van der Waals surface area contributed by atoms with E-state index in [0.717, 1.165) is 4.90 Å². The van der Waals surface area contributed by atoms with E-state index in [0.29, 0.717) is 5.16 Å². The predicted octanol–water partition coefficient (Wildman–Crippen LogP) is 2.17. The van der Waals surface area contributed by atoms with Crippen LogP contribution in [0.1, 0.15) is 6.92 Å². The normalized spacial score (nSPS) is 11.6. The van der Waals surface area contributed by atoms with E-state index in [1.165, 1.54) is 17.8 Å². The molecule has 0 bridgehead atoms. The summed E-state index contributed by atoms with van der Waals surface area (Å²) in [7, 11) is 0. The van der Waals surface area contributed by atoms with Crippen LogP contribution in [0.3, 0.4) is 0 Å². The lowest BCUT2D eigenvalue weighted by Gasteiger charge is -2.23. The Balaban J connectivity index is 2.99. The lowest BCUT2D eigenvalue weighted by molar-refractivity contribution is -0.119. The Labute approximate surface area is 101 Å². The van der Waals surface area contributed by atoms with Crippen LogP contribution in [0.25, 0.3) is 0 Å². The van der Waals surface area contributed by atoms with Gasteiger partial charge >= 0.3 is 6.18 Å². The standard InChI is InChI=1S/C9H13F3N4S/c1-3-16(5-9(10,11)12)7-4-6(13)14-8(15-7)17-2/h4H,3,5H2,1-2H3,(H2,13,14,15). The highest BCUT2D eigenvalue weighted by molar-refractivity contribution is 7.98. The van der Waals surface area contributed by atoms with E-state index in [2.05, 4.69) is 9.97 Å². The van der Waals surface area contributed by atoms with Gasteiger partial charge < -0.3 is 10.6 Å². The second kappa shape index (κ2) is 5.44. The summed E-state index contributed by atoms with van der Waals surface area (Å²) < 4.78 is 37.0. The zero-order valence-corrected chi connectivity index (χ0v) is 10.3. The Morgan fingerprint density at radius 3 is 2.53 bits per heavy atom. The van der Waals surface area contributed by atoms with Crippen LogP contribution < -0.4 is 10.6 Å². The Kier molecular flexibility index (Phi) is 4.44. The van der Waals surface area contributed by atoms with E-state index < -0.39 is 12.7 Å². The zero-order valence-electron chi connectivity index (χ0n) is 9.45. The summed E-state index contributed by atoms with van der Waals surface area (Å²) in [6, 6.07) is 1.34. The predicted molar refractivity (Wildman–Crippen MR) is 62.2 cm³/mol. The number of hydrogen-bond donors (Lipinski definition) is 1. The maximum atomic E-state index is 12.3. The highest BCUT2D eigenvalue weighted by Gasteiger charge is 2.31. The van der Waals surface area contributed by atoms with Crippen molar-refractivity contribution in [2.45, 2.75) is 18.3 Å². The summed E-state index contributed by atoms with van der Waals surface area (Å²) in [4.78, 5) is 9.00. The molecule has 0 aromatic carbocycles. The van der Waals surface area contributed by atoms with E-state index in [1.807, 2.05) is 0 Å². The van der Waals surface area contributed by atoms with Crippen LogP contribution in [0, 0.1) is 0 Å². The summed E-state index contributed by atoms with van der Waals surface area (Å²) >= 11 is 1.23. The first-order chi connectivity index (χ1) is 7.85. The minimum Gasteiger partial charge on any atom is -0.383 e. The Morgan fingerprint density at radius 1 is 1.41 bits per heavy atom. The molecule has 0 fully saturated rings. The summed E-state index contributed by atoms with van der Waals surface area (Å²) in [6.45, 7) is 0.778. The Hall–Kier alpha value is -1.18. The molecule has 0 unspecified atom stereocenters. The molecular weight excluding hydrogens is 253 g/mol. The van der Waals surface area contributed by atoms with Crippen molar-refractivity contribution in [1.82, 2.24) is 9.97 Å². The summed E-state index contributed by atoms with van der Waals surface area (Å²) in [6.07, 6.45) is -2.53. The number of halogens is 3. The lowest BCUT2D eigenvalue weighted by Crippen LogP contribution is -2.34. The highest BCUT2D eigenvalue weighted by atomic mass is 32.2. The molecule has 0 atom stereocenters. The van der Waals surface area contributed by atoms with Crippen molar-refractivity contribution in [3.63, 3.8) is 0 Å². The Bertz CT molecular complexity index is 383. The number of rotatable bonds is 4.